The lowest BCUT2D eigenvalue weighted by Gasteiger charge is -2.30. The number of carboxylic acids is 3. The van der Waals surface area contributed by atoms with Gasteiger partial charge in [-0.2, -0.15) is 0 Å². The van der Waals surface area contributed by atoms with Gasteiger partial charge in [0.15, 0.2) is 11.9 Å². The number of aliphatic imine (C=N–C) groups is 2. The van der Waals surface area contributed by atoms with Crippen molar-refractivity contribution < 1.29 is 68.4 Å². The van der Waals surface area contributed by atoms with Crippen LogP contribution in [0, 0.1) is 5.92 Å². The third-order valence-electron chi connectivity index (χ3n) is 10.1. The van der Waals surface area contributed by atoms with Gasteiger partial charge in [0.05, 0.1) is 12.6 Å². The van der Waals surface area contributed by atoms with E-state index >= 15 is 0 Å². The first-order valence-corrected chi connectivity index (χ1v) is 21.6. The molecule has 1 aliphatic heterocycles. The van der Waals surface area contributed by atoms with E-state index in [2.05, 4.69) is 41.9 Å². The molecule has 0 aromatic carbocycles. The van der Waals surface area contributed by atoms with Crippen molar-refractivity contribution in [3.8, 4) is 0 Å². The van der Waals surface area contributed by atoms with Gasteiger partial charge >= 0.3 is 17.9 Å². The molecule has 8 atom stereocenters. The number of guanidine groups is 2. The maximum absolute atomic E-state index is 13.7. The second-order valence-corrected chi connectivity index (χ2v) is 16.2. The molecular weight excluding hydrogens is 889 g/mol. The number of likely N-dealkylation sites (tertiary alicyclic amines) is 1. The highest BCUT2D eigenvalue weighted by Crippen LogP contribution is 2.19. The number of hydrogen-bond donors (Lipinski definition) is 15. The van der Waals surface area contributed by atoms with Gasteiger partial charge in [0, 0.05) is 32.5 Å². The summed E-state index contributed by atoms with van der Waals surface area (Å²) in [5.41, 5.74) is 27.1. The Morgan fingerprint density at radius 1 is 0.612 bits per heavy atom. The molecule has 0 saturated carbocycles. The summed E-state index contributed by atoms with van der Waals surface area (Å²) in [7, 11) is 0. The highest BCUT2D eigenvalue weighted by Gasteiger charge is 2.39. The Morgan fingerprint density at radius 2 is 1.07 bits per heavy atom. The predicted octanol–water partition coefficient (Wildman–Crippen LogP) is -5.81. The highest BCUT2D eigenvalue weighted by molar-refractivity contribution is 5.98. The topological polar surface area (TPSA) is 482 Å². The third kappa shape index (κ3) is 22.3. The summed E-state index contributed by atoms with van der Waals surface area (Å²) >= 11 is 0. The normalized spacial score (nSPS) is 16.3. The summed E-state index contributed by atoms with van der Waals surface area (Å²) in [5, 5.41) is 52.7. The van der Waals surface area contributed by atoms with Crippen LogP contribution < -0.4 is 60.6 Å². The van der Waals surface area contributed by atoms with Gasteiger partial charge in [0.2, 0.25) is 41.4 Å². The number of nitrogens with one attached hydrogen (secondary N) is 6. The number of carboxylic acid groups (broad SMARTS) is 3. The third-order valence-corrected chi connectivity index (χ3v) is 10.1. The van der Waals surface area contributed by atoms with Crippen molar-refractivity contribution in [3.63, 3.8) is 0 Å². The second-order valence-electron chi connectivity index (χ2n) is 16.2. The van der Waals surface area contributed by atoms with E-state index in [1.165, 1.54) is 6.92 Å². The lowest BCUT2D eigenvalue weighted by molar-refractivity contribution is -0.143. The van der Waals surface area contributed by atoms with Crippen LogP contribution in [0.25, 0.3) is 0 Å². The maximum Gasteiger partial charge on any atom is 0.326 e. The minimum atomic E-state index is -1.63. The Bertz CT molecular complexity index is 1810. The SMILES string of the molecule is CC(C)C[C@H](NC(=O)[C@H](CO)NC(=O)[C@@H]1CCCN1C(=O)[C@H](C)NC(=O)[C@H](CCC(=O)O)NC(=O)[C@H](CCC(=O)O)NC(=O)[C@@H](N)CCCN=C(N)N)C(=O)N[C@@H](CCCN=C(N)N)C(=O)O. The lowest BCUT2D eigenvalue weighted by atomic mass is 10.0. The molecule has 1 saturated heterocycles. The molecule has 1 rings (SSSR count). The van der Waals surface area contributed by atoms with E-state index in [-0.39, 0.29) is 76.0 Å². The van der Waals surface area contributed by atoms with Crippen molar-refractivity contribution >= 4 is 71.2 Å². The molecule has 1 heterocycles. The average Bonchev–Trinajstić information content (AvgIpc) is 3.74. The summed E-state index contributed by atoms with van der Waals surface area (Å²) in [6.07, 6.45) is -1.24. The number of amides is 7. The first-order chi connectivity index (χ1) is 31.4. The quantitative estimate of drug-likeness (QED) is 0.0175. The predicted molar refractivity (Wildman–Crippen MR) is 238 cm³/mol. The van der Waals surface area contributed by atoms with Crippen molar-refractivity contribution in [1.29, 1.82) is 0 Å². The maximum atomic E-state index is 13.7. The molecule has 28 nitrogen and oxygen atoms in total. The van der Waals surface area contributed by atoms with Gasteiger partial charge in [-0.05, 0) is 70.6 Å². The molecule has 67 heavy (non-hydrogen) atoms. The van der Waals surface area contributed by atoms with Crippen molar-refractivity contribution in [2.24, 2.45) is 44.6 Å². The fraction of sp³-hybridized carbons (Fsp3) is 0.692. The summed E-state index contributed by atoms with van der Waals surface area (Å²) < 4.78 is 0. The molecule has 0 spiro atoms. The van der Waals surface area contributed by atoms with Crippen LogP contribution in [0.2, 0.25) is 0 Å². The Morgan fingerprint density at radius 3 is 1.57 bits per heavy atom. The molecule has 1 aliphatic rings. The van der Waals surface area contributed by atoms with Gasteiger partial charge in [-0.3, -0.25) is 53.1 Å². The molecule has 0 radical (unpaired) electrons. The molecule has 28 heteroatoms. The van der Waals surface area contributed by atoms with Crippen molar-refractivity contribution in [3.05, 3.63) is 0 Å². The number of hydrogen-bond acceptors (Lipinski definition) is 14. The summed E-state index contributed by atoms with van der Waals surface area (Å²) in [4.78, 5) is 137. The largest absolute Gasteiger partial charge is 0.481 e. The fourth-order valence-corrected chi connectivity index (χ4v) is 6.67. The number of aliphatic carboxylic acids is 3. The Balaban J connectivity index is 3.12. The Hall–Kier alpha value is -6.84. The number of nitrogens with zero attached hydrogens (tertiary/aromatic N) is 3. The Kier molecular flexibility index (Phi) is 25.7. The first kappa shape index (κ1) is 58.2. The van der Waals surface area contributed by atoms with Gasteiger partial charge in [-0.1, -0.05) is 13.8 Å². The number of nitrogens with two attached hydrogens (primary N) is 5. The van der Waals surface area contributed by atoms with Crippen LogP contribution in [-0.2, 0) is 47.9 Å². The van der Waals surface area contributed by atoms with E-state index in [4.69, 9.17) is 28.7 Å². The van der Waals surface area contributed by atoms with Crippen LogP contribution in [0.3, 0.4) is 0 Å². The number of carbonyl (C=O) groups excluding carboxylic acids is 7. The van der Waals surface area contributed by atoms with E-state index in [9.17, 15) is 68.4 Å². The van der Waals surface area contributed by atoms with Gasteiger partial charge in [-0.25, -0.2) is 4.79 Å². The zero-order valence-electron chi connectivity index (χ0n) is 37.9. The molecule has 20 N–H and O–H groups in total. The molecule has 0 aliphatic carbocycles. The van der Waals surface area contributed by atoms with E-state index < -0.39 is 140 Å². The lowest BCUT2D eigenvalue weighted by Crippen LogP contribution is -2.60. The Labute approximate surface area is 386 Å². The van der Waals surface area contributed by atoms with E-state index in [0.717, 1.165) is 4.90 Å². The van der Waals surface area contributed by atoms with Crippen LogP contribution in [0.15, 0.2) is 9.98 Å². The molecular formula is C39H68N14O14. The van der Waals surface area contributed by atoms with E-state index in [0.29, 0.717) is 6.42 Å². The minimum Gasteiger partial charge on any atom is -0.481 e. The highest BCUT2D eigenvalue weighted by atomic mass is 16.4. The molecule has 0 bridgehead atoms. The molecule has 0 unspecified atom stereocenters. The monoisotopic (exact) mass is 957 g/mol. The molecule has 0 aromatic heterocycles. The molecule has 378 valence electrons. The standard InChI is InChI=1S/C39H68N14O14/c1-19(2)17-25(33(62)50-24(37(66)67)8-5-15-46-39(43)44)51-34(63)26(18-54)52-35(64)27-9-6-16-53(27)36(65)20(3)47-31(60)22(10-12-28(55)56)49-32(61)23(11-13-29(57)58)48-30(59)21(40)7-4-14-45-38(41)42/h19-27,54H,4-18,40H2,1-3H3,(H,47,60)(H,48,59)(H,49,61)(H,50,62)(H,51,63)(H,52,64)(H,55,56)(H,57,58)(H,66,67)(H4,41,42,45)(H4,43,44,46)/t20-,21-,22-,23-,24-,25-,26-,27-/m0/s1. The number of rotatable bonds is 31. The van der Waals surface area contributed by atoms with Gasteiger partial charge in [-0.15, -0.1) is 0 Å². The van der Waals surface area contributed by atoms with Gasteiger partial charge in [0.25, 0.3) is 0 Å². The molecule has 0 aromatic rings. The summed E-state index contributed by atoms with van der Waals surface area (Å²) in [5.74, 6) is -11.0. The van der Waals surface area contributed by atoms with Crippen LogP contribution in [-0.4, -0.2) is 171 Å². The fourth-order valence-electron chi connectivity index (χ4n) is 6.67. The summed E-state index contributed by atoms with van der Waals surface area (Å²) in [6, 6.07) is -11.2. The smallest absolute Gasteiger partial charge is 0.326 e. The zero-order valence-corrected chi connectivity index (χ0v) is 37.9. The van der Waals surface area contributed by atoms with Crippen molar-refractivity contribution in [2.45, 2.75) is 140 Å². The zero-order chi connectivity index (χ0) is 51.0. The number of aliphatic hydroxyl groups is 1. The van der Waals surface area contributed by atoms with Gasteiger partial charge < -0.3 is 85.9 Å². The van der Waals surface area contributed by atoms with Crippen LogP contribution in [0.1, 0.15) is 91.4 Å². The minimum absolute atomic E-state index is 0.0149. The first-order valence-electron chi connectivity index (χ1n) is 21.6. The summed E-state index contributed by atoms with van der Waals surface area (Å²) in [6.45, 7) is 4.07. The van der Waals surface area contributed by atoms with E-state index in [1.807, 2.05) is 0 Å². The van der Waals surface area contributed by atoms with Crippen molar-refractivity contribution in [2.75, 3.05) is 26.2 Å². The van der Waals surface area contributed by atoms with Crippen LogP contribution in [0.4, 0.5) is 0 Å². The molecule has 1 fully saturated rings. The van der Waals surface area contributed by atoms with Crippen LogP contribution >= 0.6 is 0 Å². The second kappa shape index (κ2) is 29.6. The van der Waals surface area contributed by atoms with Crippen molar-refractivity contribution in [1.82, 2.24) is 36.8 Å². The molecule has 7 amide bonds. The van der Waals surface area contributed by atoms with Crippen LogP contribution in [0.5, 0.6) is 0 Å². The number of carbonyl (C=O) groups is 10. The van der Waals surface area contributed by atoms with Gasteiger partial charge in [0.1, 0.15) is 42.3 Å². The number of aliphatic hydroxyl groups excluding tert-OH is 1. The average molecular weight is 957 g/mol. The van der Waals surface area contributed by atoms with E-state index in [1.54, 1.807) is 13.8 Å².